The Hall–Kier alpha value is -2.33. The van der Waals surface area contributed by atoms with Crippen molar-refractivity contribution in [2.45, 2.75) is 63.1 Å². The van der Waals surface area contributed by atoms with Crippen molar-refractivity contribution in [3.63, 3.8) is 0 Å². The van der Waals surface area contributed by atoms with Crippen LogP contribution in [0.15, 0.2) is 54.6 Å². The van der Waals surface area contributed by atoms with Gasteiger partial charge >= 0.3 is 0 Å². The van der Waals surface area contributed by atoms with Gasteiger partial charge < -0.3 is 15.4 Å². The van der Waals surface area contributed by atoms with E-state index in [-0.39, 0.29) is 11.9 Å². The molecule has 27 heavy (non-hydrogen) atoms. The molecule has 0 radical (unpaired) electrons. The summed E-state index contributed by atoms with van der Waals surface area (Å²) in [4.78, 5) is 12.9. The van der Waals surface area contributed by atoms with Crippen molar-refractivity contribution in [1.82, 2.24) is 10.6 Å². The highest BCUT2D eigenvalue weighted by atomic mass is 16.5. The van der Waals surface area contributed by atoms with Gasteiger partial charge in [0.1, 0.15) is 11.5 Å². The summed E-state index contributed by atoms with van der Waals surface area (Å²) < 4.78 is 5.94. The summed E-state index contributed by atoms with van der Waals surface area (Å²) in [5.41, 5.74) is 0.588. The number of carbonyl (C=O) groups excluding carboxylic acids is 1. The Labute approximate surface area is 161 Å². The molecule has 0 aliphatic heterocycles. The zero-order valence-corrected chi connectivity index (χ0v) is 15.7. The molecule has 2 aliphatic carbocycles. The molecule has 0 unspecified atom stereocenters. The van der Waals surface area contributed by atoms with Crippen LogP contribution in [0.5, 0.6) is 11.5 Å². The van der Waals surface area contributed by atoms with Crippen LogP contribution in [0.25, 0.3) is 0 Å². The number of carbonyl (C=O) groups is 1. The van der Waals surface area contributed by atoms with Crippen LogP contribution in [0.2, 0.25) is 0 Å². The van der Waals surface area contributed by atoms with E-state index in [9.17, 15) is 4.79 Å². The Morgan fingerprint density at radius 3 is 2.26 bits per heavy atom. The second-order valence-corrected chi connectivity index (χ2v) is 7.68. The fraction of sp³-hybridized carbons (Fsp3) is 0.435. The van der Waals surface area contributed by atoms with Gasteiger partial charge in [0.05, 0.1) is 5.56 Å². The number of benzene rings is 2. The molecular formula is C23H28N2O2. The van der Waals surface area contributed by atoms with E-state index in [4.69, 9.17) is 4.74 Å². The summed E-state index contributed by atoms with van der Waals surface area (Å²) >= 11 is 0. The molecule has 2 N–H and O–H groups in total. The largest absolute Gasteiger partial charge is 0.457 e. The van der Waals surface area contributed by atoms with Gasteiger partial charge in [-0.2, -0.15) is 0 Å². The lowest BCUT2D eigenvalue weighted by Crippen LogP contribution is -2.59. The zero-order valence-electron chi connectivity index (χ0n) is 15.7. The number of amides is 1. The number of hydrogen-bond acceptors (Lipinski definition) is 3. The molecule has 0 spiro atoms. The number of nitrogens with one attached hydrogen (secondary N) is 2. The minimum Gasteiger partial charge on any atom is -0.457 e. The summed E-state index contributed by atoms with van der Waals surface area (Å²) in [5.74, 6) is 1.28. The summed E-state index contributed by atoms with van der Waals surface area (Å²) in [5, 5.41) is 6.99. The molecule has 4 heteroatoms. The summed E-state index contributed by atoms with van der Waals surface area (Å²) in [6.07, 6.45) is 8.73. The van der Waals surface area contributed by atoms with Crippen LogP contribution in [-0.4, -0.2) is 24.0 Å². The van der Waals surface area contributed by atoms with Crippen LogP contribution >= 0.6 is 0 Å². The van der Waals surface area contributed by atoms with E-state index in [0.29, 0.717) is 23.4 Å². The highest BCUT2D eigenvalue weighted by Gasteiger charge is 2.34. The summed E-state index contributed by atoms with van der Waals surface area (Å²) in [7, 11) is 0. The molecule has 4 nitrogen and oxygen atoms in total. The van der Waals surface area contributed by atoms with E-state index in [1.165, 1.54) is 32.1 Å². The van der Waals surface area contributed by atoms with Gasteiger partial charge in [0.15, 0.2) is 0 Å². The fourth-order valence-electron chi connectivity index (χ4n) is 4.05. The number of ether oxygens (including phenoxy) is 1. The maximum absolute atomic E-state index is 12.9. The molecule has 1 amide bonds. The Bertz CT molecular complexity index is 756. The van der Waals surface area contributed by atoms with Crippen molar-refractivity contribution in [1.29, 1.82) is 0 Å². The van der Waals surface area contributed by atoms with Crippen LogP contribution in [0.3, 0.4) is 0 Å². The van der Waals surface area contributed by atoms with Crippen molar-refractivity contribution in [3.8, 4) is 11.5 Å². The molecule has 2 aromatic rings. The second kappa shape index (κ2) is 8.57. The van der Waals surface area contributed by atoms with E-state index in [0.717, 1.165) is 18.6 Å². The van der Waals surface area contributed by atoms with Gasteiger partial charge in [-0.1, -0.05) is 49.6 Å². The standard InChI is InChI=1S/C23H28N2O2/c26-23(25-21-16-15-20(21)24-17-9-3-1-4-10-17)19-13-7-8-14-22(19)27-18-11-5-2-6-12-18/h2,5-8,11-14,17,20-21,24H,1,3-4,9-10,15-16H2,(H,25,26)/t20-,21+/m1/s1. The third kappa shape index (κ3) is 4.51. The molecule has 0 saturated heterocycles. The third-order valence-corrected chi connectivity index (χ3v) is 5.75. The number of hydrogen-bond donors (Lipinski definition) is 2. The van der Waals surface area contributed by atoms with Crippen molar-refractivity contribution in [3.05, 3.63) is 60.2 Å². The average molecular weight is 364 g/mol. The maximum atomic E-state index is 12.9. The first-order valence-corrected chi connectivity index (χ1v) is 10.2. The zero-order chi connectivity index (χ0) is 18.5. The van der Waals surface area contributed by atoms with Crippen molar-refractivity contribution in [2.75, 3.05) is 0 Å². The minimum absolute atomic E-state index is 0.0540. The van der Waals surface area contributed by atoms with E-state index < -0.39 is 0 Å². The molecule has 0 aromatic heterocycles. The van der Waals surface area contributed by atoms with Crippen molar-refractivity contribution in [2.24, 2.45) is 0 Å². The topological polar surface area (TPSA) is 50.4 Å². The second-order valence-electron chi connectivity index (χ2n) is 7.68. The molecule has 2 aromatic carbocycles. The molecule has 2 aliphatic rings. The summed E-state index contributed by atoms with van der Waals surface area (Å²) in [6.45, 7) is 0. The highest BCUT2D eigenvalue weighted by Crippen LogP contribution is 2.28. The first-order valence-electron chi connectivity index (χ1n) is 10.2. The number of para-hydroxylation sites is 2. The smallest absolute Gasteiger partial charge is 0.255 e. The highest BCUT2D eigenvalue weighted by molar-refractivity contribution is 5.97. The first kappa shape index (κ1) is 18.1. The lowest BCUT2D eigenvalue weighted by molar-refractivity contribution is 0.0883. The minimum atomic E-state index is -0.0540. The monoisotopic (exact) mass is 364 g/mol. The van der Waals surface area contributed by atoms with E-state index in [2.05, 4.69) is 10.6 Å². The number of rotatable bonds is 6. The Balaban J connectivity index is 1.38. The predicted molar refractivity (Wildman–Crippen MR) is 107 cm³/mol. The van der Waals surface area contributed by atoms with Gasteiger partial charge in [-0.3, -0.25) is 4.79 Å². The van der Waals surface area contributed by atoms with Crippen LogP contribution < -0.4 is 15.4 Å². The Morgan fingerprint density at radius 1 is 0.815 bits per heavy atom. The molecule has 0 bridgehead atoms. The van der Waals surface area contributed by atoms with E-state index >= 15 is 0 Å². The predicted octanol–water partition coefficient (Wildman–Crippen LogP) is 4.66. The van der Waals surface area contributed by atoms with E-state index in [1.807, 2.05) is 54.6 Å². The first-order chi connectivity index (χ1) is 13.3. The Morgan fingerprint density at radius 2 is 1.52 bits per heavy atom. The third-order valence-electron chi connectivity index (χ3n) is 5.75. The molecule has 142 valence electrons. The van der Waals surface area contributed by atoms with Gasteiger partial charge in [0, 0.05) is 18.1 Å². The molecule has 0 heterocycles. The van der Waals surface area contributed by atoms with Gasteiger partial charge in [-0.15, -0.1) is 0 Å². The van der Waals surface area contributed by atoms with Crippen LogP contribution in [0, 0.1) is 0 Å². The van der Waals surface area contributed by atoms with Crippen molar-refractivity contribution < 1.29 is 9.53 Å². The van der Waals surface area contributed by atoms with Crippen LogP contribution in [0.1, 0.15) is 55.3 Å². The van der Waals surface area contributed by atoms with Gasteiger partial charge in [-0.25, -0.2) is 0 Å². The van der Waals surface area contributed by atoms with Gasteiger partial charge in [0.2, 0.25) is 0 Å². The van der Waals surface area contributed by atoms with Gasteiger partial charge in [0.25, 0.3) is 5.91 Å². The average Bonchev–Trinajstić information content (AvgIpc) is 2.71. The molecule has 2 fully saturated rings. The maximum Gasteiger partial charge on any atom is 0.255 e. The van der Waals surface area contributed by atoms with Crippen molar-refractivity contribution >= 4 is 5.91 Å². The van der Waals surface area contributed by atoms with Gasteiger partial charge in [-0.05, 0) is 49.9 Å². The molecule has 4 rings (SSSR count). The van der Waals surface area contributed by atoms with E-state index in [1.54, 1.807) is 0 Å². The lowest BCUT2D eigenvalue weighted by Gasteiger charge is -2.41. The fourth-order valence-corrected chi connectivity index (χ4v) is 4.05. The summed E-state index contributed by atoms with van der Waals surface area (Å²) in [6, 6.07) is 18.3. The molecular weight excluding hydrogens is 336 g/mol. The quantitative estimate of drug-likeness (QED) is 0.784. The van der Waals surface area contributed by atoms with Crippen LogP contribution in [-0.2, 0) is 0 Å². The Kier molecular flexibility index (Phi) is 5.73. The van der Waals surface area contributed by atoms with Crippen LogP contribution in [0.4, 0.5) is 0 Å². The molecule has 2 atom stereocenters. The molecule has 2 saturated carbocycles. The lowest BCUT2D eigenvalue weighted by atomic mass is 9.84. The normalized spacial score (nSPS) is 22.7. The SMILES string of the molecule is O=C(N[C@H]1CC[C@H]1NC1CCCCC1)c1ccccc1Oc1ccccc1.